The first kappa shape index (κ1) is 17.1. The van der Waals surface area contributed by atoms with Crippen LogP contribution in [0.5, 0.6) is 0 Å². The standard InChI is InChI=1S/C12H21N3O3S2/c1-4-15(10(2)16)12-14-11(9-19-12)8-13-6-5-7-20(3,17)18/h9,13H,4-8H2,1-3H3. The molecule has 0 aliphatic rings. The molecule has 1 aromatic rings. The zero-order valence-electron chi connectivity index (χ0n) is 12.0. The molecule has 0 radical (unpaired) electrons. The van der Waals surface area contributed by atoms with Gasteiger partial charge in [-0.2, -0.15) is 0 Å². The van der Waals surface area contributed by atoms with Crippen molar-refractivity contribution < 1.29 is 13.2 Å². The molecule has 20 heavy (non-hydrogen) atoms. The van der Waals surface area contributed by atoms with Gasteiger partial charge < -0.3 is 5.32 Å². The summed E-state index contributed by atoms with van der Waals surface area (Å²) >= 11 is 1.44. The normalized spacial score (nSPS) is 11.6. The number of anilines is 1. The molecular formula is C12H21N3O3S2. The van der Waals surface area contributed by atoms with Crippen LogP contribution >= 0.6 is 11.3 Å². The number of thiazole rings is 1. The van der Waals surface area contributed by atoms with Gasteiger partial charge in [-0.3, -0.25) is 9.69 Å². The second-order valence-electron chi connectivity index (χ2n) is 4.54. The van der Waals surface area contributed by atoms with Crippen LogP contribution in [-0.2, 0) is 21.2 Å². The average molecular weight is 319 g/mol. The Morgan fingerprint density at radius 1 is 1.50 bits per heavy atom. The van der Waals surface area contributed by atoms with E-state index in [-0.39, 0.29) is 11.7 Å². The highest BCUT2D eigenvalue weighted by molar-refractivity contribution is 7.90. The fourth-order valence-corrected chi connectivity index (χ4v) is 3.27. The minimum Gasteiger partial charge on any atom is -0.311 e. The molecule has 0 unspecified atom stereocenters. The molecule has 0 aliphatic heterocycles. The van der Waals surface area contributed by atoms with Crippen LogP contribution in [0.1, 0.15) is 26.0 Å². The summed E-state index contributed by atoms with van der Waals surface area (Å²) < 4.78 is 21.9. The summed E-state index contributed by atoms with van der Waals surface area (Å²) in [5.41, 5.74) is 0.865. The van der Waals surface area contributed by atoms with Crippen molar-refractivity contribution in [2.75, 3.05) is 30.0 Å². The molecule has 0 fully saturated rings. The SMILES string of the molecule is CCN(C(C)=O)c1nc(CNCCCS(C)(=O)=O)cs1. The van der Waals surface area contributed by atoms with Crippen LogP contribution in [0.25, 0.3) is 0 Å². The second-order valence-corrected chi connectivity index (χ2v) is 7.64. The smallest absolute Gasteiger partial charge is 0.225 e. The van der Waals surface area contributed by atoms with E-state index in [4.69, 9.17) is 0 Å². The van der Waals surface area contributed by atoms with E-state index in [9.17, 15) is 13.2 Å². The lowest BCUT2D eigenvalue weighted by Crippen LogP contribution is -2.27. The Morgan fingerprint density at radius 2 is 2.20 bits per heavy atom. The van der Waals surface area contributed by atoms with E-state index >= 15 is 0 Å². The first-order valence-corrected chi connectivity index (χ1v) is 9.38. The van der Waals surface area contributed by atoms with Crippen molar-refractivity contribution >= 4 is 32.2 Å². The molecule has 1 aromatic heterocycles. The number of amides is 1. The Bertz CT molecular complexity index is 540. The Hall–Kier alpha value is -0.990. The van der Waals surface area contributed by atoms with Crippen LogP contribution in [-0.4, -0.2) is 44.4 Å². The number of hydrogen-bond donors (Lipinski definition) is 1. The molecule has 1 N–H and O–H groups in total. The number of carbonyl (C=O) groups excluding carboxylic acids is 1. The predicted octanol–water partition coefficient (Wildman–Crippen LogP) is 1.04. The summed E-state index contributed by atoms with van der Waals surface area (Å²) in [5, 5.41) is 5.76. The van der Waals surface area contributed by atoms with Crippen molar-refractivity contribution in [1.82, 2.24) is 10.3 Å². The zero-order chi connectivity index (χ0) is 15.2. The minimum atomic E-state index is -2.89. The number of nitrogens with one attached hydrogen (secondary N) is 1. The fourth-order valence-electron chi connectivity index (χ4n) is 1.67. The quantitative estimate of drug-likeness (QED) is 0.724. The first-order chi connectivity index (χ1) is 9.33. The van der Waals surface area contributed by atoms with Crippen molar-refractivity contribution in [3.63, 3.8) is 0 Å². The summed E-state index contributed by atoms with van der Waals surface area (Å²) in [5.74, 6) is 0.172. The largest absolute Gasteiger partial charge is 0.311 e. The third-order valence-electron chi connectivity index (χ3n) is 2.64. The first-order valence-electron chi connectivity index (χ1n) is 6.44. The average Bonchev–Trinajstić information content (AvgIpc) is 2.76. The molecule has 0 spiro atoms. The number of hydrogen-bond acceptors (Lipinski definition) is 6. The molecule has 0 saturated heterocycles. The number of carbonyl (C=O) groups is 1. The van der Waals surface area contributed by atoms with Crippen molar-refractivity contribution in [2.24, 2.45) is 0 Å². The van der Waals surface area contributed by atoms with Gasteiger partial charge in [-0.15, -0.1) is 11.3 Å². The number of nitrogens with zero attached hydrogens (tertiary/aromatic N) is 2. The highest BCUT2D eigenvalue weighted by Crippen LogP contribution is 2.20. The van der Waals surface area contributed by atoms with Gasteiger partial charge in [0.15, 0.2) is 5.13 Å². The molecule has 0 aliphatic carbocycles. The maximum atomic E-state index is 11.4. The highest BCUT2D eigenvalue weighted by atomic mass is 32.2. The lowest BCUT2D eigenvalue weighted by atomic mass is 10.4. The lowest BCUT2D eigenvalue weighted by Gasteiger charge is -2.14. The molecule has 0 saturated carbocycles. The van der Waals surface area contributed by atoms with Gasteiger partial charge in [0.2, 0.25) is 5.91 Å². The minimum absolute atomic E-state index is 0.0190. The van der Waals surface area contributed by atoms with Crippen LogP contribution in [0.2, 0.25) is 0 Å². The molecule has 0 aromatic carbocycles. The highest BCUT2D eigenvalue weighted by Gasteiger charge is 2.13. The monoisotopic (exact) mass is 319 g/mol. The van der Waals surface area contributed by atoms with Crippen molar-refractivity contribution in [1.29, 1.82) is 0 Å². The Labute approximate surface area is 124 Å². The van der Waals surface area contributed by atoms with E-state index in [1.165, 1.54) is 24.5 Å². The Balaban J connectivity index is 2.39. The maximum Gasteiger partial charge on any atom is 0.225 e. The van der Waals surface area contributed by atoms with Gasteiger partial charge in [-0.25, -0.2) is 13.4 Å². The zero-order valence-corrected chi connectivity index (χ0v) is 13.7. The summed E-state index contributed by atoms with van der Waals surface area (Å²) in [6, 6.07) is 0. The molecule has 1 rings (SSSR count). The summed E-state index contributed by atoms with van der Waals surface area (Å²) in [6.45, 7) is 5.24. The third-order valence-corrected chi connectivity index (χ3v) is 4.58. The molecular weight excluding hydrogens is 298 g/mol. The predicted molar refractivity (Wildman–Crippen MR) is 81.8 cm³/mol. The van der Waals surface area contributed by atoms with E-state index in [1.807, 2.05) is 12.3 Å². The fraction of sp³-hybridized carbons (Fsp3) is 0.667. The van der Waals surface area contributed by atoms with Crippen molar-refractivity contribution in [2.45, 2.75) is 26.8 Å². The van der Waals surface area contributed by atoms with Gasteiger partial charge in [-0.05, 0) is 19.9 Å². The summed E-state index contributed by atoms with van der Waals surface area (Å²) in [6.07, 6.45) is 1.82. The van der Waals surface area contributed by atoms with Crippen molar-refractivity contribution in [3.05, 3.63) is 11.1 Å². The number of rotatable bonds is 8. The van der Waals surface area contributed by atoms with E-state index < -0.39 is 9.84 Å². The van der Waals surface area contributed by atoms with E-state index in [0.29, 0.717) is 31.2 Å². The van der Waals surface area contributed by atoms with Crippen molar-refractivity contribution in [3.8, 4) is 0 Å². The van der Waals surface area contributed by atoms with E-state index in [0.717, 1.165) is 5.69 Å². The maximum absolute atomic E-state index is 11.4. The molecule has 6 nitrogen and oxygen atoms in total. The number of aromatic nitrogens is 1. The van der Waals surface area contributed by atoms with Gasteiger partial charge in [0.25, 0.3) is 0 Å². The van der Waals surface area contributed by atoms with E-state index in [2.05, 4.69) is 10.3 Å². The van der Waals surface area contributed by atoms with Gasteiger partial charge in [0, 0.05) is 31.6 Å². The Kier molecular flexibility index (Phi) is 6.57. The van der Waals surface area contributed by atoms with E-state index in [1.54, 1.807) is 4.90 Å². The van der Waals surface area contributed by atoms with Gasteiger partial charge >= 0.3 is 0 Å². The third kappa shape index (κ3) is 5.98. The molecule has 0 atom stereocenters. The molecule has 1 heterocycles. The summed E-state index contributed by atoms with van der Waals surface area (Å²) in [7, 11) is -2.89. The topological polar surface area (TPSA) is 79.4 Å². The van der Waals surface area contributed by atoms with Crippen LogP contribution in [0.3, 0.4) is 0 Å². The Morgan fingerprint density at radius 3 is 2.75 bits per heavy atom. The van der Waals surface area contributed by atoms with Gasteiger partial charge in [0.1, 0.15) is 9.84 Å². The van der Waals surface area contributed by atoms with Crippen LogP contribution in [0.15, 0.2) is 5.38 Å². The molecule has 8 heteroatoms. The second kappa shape index (κ2) is 7.70. The lowest BCUT2D eigenvalue weighted by molar-refractivity contribution is -0.116. The van der Waals surface area contributed by atoms with Gasteiger partial charge in [0.05, 0.1) is 11.4 Å². The molecule has 1 amide bonds. The van der Waals surface area contributed by atoms with Gasteiger partial charge in [-0.1, -0.05) is 0 Å². The number of sulfone groups is 1. The molecule has 114 valence electrons. The van der Waals surface area contributed by atoms with Crippen LogP contribution in [0.4, 0.5) is 5.13 Å². The molecule has 0 bridgehead atoms. The van der Waals surface area contributed by atoms with Crippen LogP contribution < -0.4 is 10.2 Å². The van der Waals surface area contributed by atoms with Crippen LogP contribution in [0, 0.1) is 0 Å². The summed E-state index contributed by atoms with van der Waals surface area (Å²) in [4.78, 5) is 17.4.